The summed E-state index contributed by atoms with van der Waals surface area (Å²) in [4.78, 5) is 0. The molecule has 4 rings (SSSR count). The van der Waals surface area contributed by atoms with Gasteiger partial charge in [-0.1, -0.05) is 12.1 Å². The zero-order valence-corrected chi connectivity index (χ0v) is 13.7. The summed E-state index contributed by atoms with van der Waals surface area (Å²) in [6.45, 7) is 3.25. The average Bonchev–Trinajstić information content (AvgIpc) is 3.03. The summed E-state index contributed by atoms with van der Waals surface area (Å²) in [6, 6.07) is 7.00. The Labute approximate surface area is 127 Å². The Morgan fingerprint density at radius 1 is 1.35 bits per heavy atom. The summed E-state index contributed by atoms with van der Waals surface area (Å²) in [5, 5.41) is 2.95. The SMILES string of the molecule is Cc1cc2c(c3c4c(ccc13)CCC4)[C@H](CCl)CN2P. The van der Waals surface area contributed by atoms with Gasteiger partial charge < -0.3 is 4.67 Å². The minimum Gasteiger partial charge on any atom is -0.355 e. The molecular formula is C17H19ClNP. The summed E-state index contributed by atoms with van der Waals surface area (Å²) in [7, 11) is 2.86. The van der Waals surface area contributed by atoms with E-state index in [1.807, 2.05) is 0 Å². The van der Waals surface area contributed by atoms with Crippen molar-refractivity contribution in [2.75, 3.05) is 17.1 Å². The normalized spacial score (nSPS) is 20.6. The van der Waals surface area contributed by atoms with Gasteiger partial charge in [0.05, 0.1) is 0 Å². The molecule has 0 spiro atoms. The third kappa shape index (κ3) is 1.66. The molecule has 2 aromatic rings. The van der Waals surface area contributed by atoms with E-state index >= 15 is 0 Å². The molecule has 1 aliphatic heterocycles. The number of alkyl halides is 1. The molecule has 2 aliphatic rings. The van der Waals surface area contributed by atoms with E-state index in [9.17, 15) is 0 Å². The quantitative estimate of drug-likeness (QED) is 0.551. The second kappa shape index (κ2) is 4.61. The lowest BCUT2D eigenvalue weighted by Crippen LogP contribution is -2.09. The van der Waals surface area contributed by atoms with Crippen LogP contribution in [0.3, 0.4) is 0 Å². The van der Waals surface area contributed by atoms with Crippen LogP contribution in [0.1, 0.15) is 34.6 Å². The first-order chi connectivity index (χ1) is 9.70. The van der Waals surface area contributed by atoms with Gasteiger partial charge in [-0.3, -0.25) is 0 Å². The largest absolute Gasteiger partial charge is 0.355 e. The lowest BCUT2D eigenvalue weighted by Gasteiger charge is -2.17. The van der Waals surface area contributed by atoms with Crippen molar-refractivity contribution in [2.45, 2.75) is 32.1 Å². The Kier molecular flexibility index (Phi) is 2.98. The number of halogens is 1. The molecule has 0 aromatic heterocycles. The van der Waals surface area contributed by atoms with Crippen LogP contribution in [0.15, 0.2) is 18.2 Å². The summed E-state index contributed by atoms with van der Waals surface area (Å²) in [5.74, 6) is 1.17. The highest BCUT2D eigenvalue weighted by Crippen LogP contribution is 2.47. The molecule has 0 saturated carbocycles. The van der Waals surface area contributed by atoms with Crippen LogP contribution >= 0.6 is 21.0 Å². The van der Waals surface area contributed by atoms with Gasteiger partial charge in [0.2, 0.25) is 0 Å². The molecule has 1 heterocycles. The molecule has 1 unspecified atom stereocenters. The Hall–Kier alpha value is -0.780. The molecule has 0 N–H and O–H groups in total. The number of nitrogens with zero attached hydrogens (tertiary/aromatic N) is 1. The zero-order valence-electron chi connectivity index (χ0n) is 11.7. The molecule has 0 bridgehead atoms. The van der Waals surface area contributed by atoms with Crippen molar-refractivity contribution in [3.63, 3.8) is 0 Å². The Bertz CT molecular complexity index is 710. The van der Waals surface area contributed by atoms with Gasteiger partial charge in [0.1, 0.15) is 0 Å². The second-order valence-electron chi connectivity index (χ2n) is 6.11. The molecule has 0 radical (unpaired) electrons. The standard InChI is InChI=1S/C17H19ClNP/c1-10-7-15-16(12(8-18)9-19(15)20)17-13(10)6-5-11-3-2-4-14(11)17/h5-7,12H,2-4,8-9,20H2,1H3/t12-/m1/s1. The van der Waals surface area contributed by atoms with Crippen molar-refractivity contribution < 1.29 is 0 Å². The molecule has 2 atom stereocenters. The smallest absolute Gasteiger partial charge is 0.0440 e. The third-order valence-corrected chi connectivity index (χ3v) is 5.79. The second-order valence-corrected chi connectivity index (χ2v) is 7.04. The van der Waals surface area contributed by atoms with Gasteiger partial charge in [0.15, 0.2) is 0 Å². The maximum atomic E-state index is 6.26. The predicted molar refractivity (Wildman–Crippen MR) is 91.2 cm³/mol. The number of anilines is 1. The van der Waals surface area contributed by atoms with Crippen molar-refractivity contribution in [1.29, 1.82) is 0 Å². The van der Waals surface area contributed by atoms with E-state index in [0.29, 0.717) is 11.8 Å². The fourth-order valence-corrected chi connectivity index (χ4v) is 4.72. The molecule has 2 aromatic carbocycles. The number of aryl methyl sites for hydroxylation is 3. The van der Waals surface area contributed by atoms with E-state index < -0.39 is 0 Å². The van der Waals surface area contributed by atoms with E-state index in [-0.39, 0.29) is 0 Å². The monoisotopic (exact) mass is 303 g/mol. The van der Waals surface area contributed by atoms with Crippen LogP contribution in [0.4, 0.5) is 5.69 Å². The van der Waals surface area contributed by atoms with Crippen LogP contribution in [0, 0.1) is 6.92 Å². The zero-order chi connectivity index (χ0) is 13.9. The van der Waals surface area contributed by atoms with Crippen LogP contribution in [0.2, 0.25) is 0 Å². The highest BCUT2D eigenvalue weighted by atomic mass is 35.5. The topological polar surface area (TPSA) is 3.24 Å². The van der Waals surface area contributed by atoms with Crippen molar-refractivity contribution in [3.8, 4) is 0 Å². The van der Waals surface area contributed by atoms with Gasteiger partial charge in [0.25, 0.3) is 0 Å². The minimum atomic E-state index is 0.458. The van der Waals surface area contributed by atoms with Gasteiger partial charge in [-0.15, -0.1) is 11.6 Å². The summed E-state index contributed by atoms with van der Waals surface area (Å²) >= 11 is 6.26. The van der Waals surface area contributed by atoms with Crippen molar-refractivity contribution >= 4 is 37.5 Å². The number of hydrogen-bond donors (Lipinski definition) is 0. The average molecular weight is 304 g/mol. The Morgan fingerprint density at radius 2 is 2.20 bits per heavy atom. The number of hydrogen-bond acceptors (Lipinski definition) is 1. The highest BCUT2D eigenvalue weighted by molar-refractivity contribution is 7.19. The van der Waals surface area contributed by atoms with Crippen molar-refractivity contribution in [2.24, 2.45) is 0 Å². The number of benzene rings is 2. The highest BCUT2D eigenvalue weighted by Gasteiger charge is 2.30. The first-order valence-corrected chi connectivity index (χ1v) is 8.42. The lowest BCUT2D eigenvalue weighted by molar-refractivity contribution is 0.845. The fraction of sp³-hybridized carbons (Fsp3) is 0.412. The van der Waals surface area contributed by atoms with E-state index in [1.165, 1.54) is 46.8 Å². The maximum Gasteiger partial charge on any atom is 0.0440 e. The van der Waals surface area contributed by atoms with E-state index in [1.54, 1.807) is 11.1 Å². The lowest BCUT2D eigenvalue weighted by atomic mass is 9.89. The molecule has 0 fully saturated rings. The Morgan fingerprint density at radius 3 is 3.00 bits per heavy atom. The molecule has 1 nitrogen and oxygen atoms in total. The first kappa shape index (κ1) is 12.9. The molecule has 0 amide bonds. The third-order valence-electron chi connectivity index (χ3n) is 4.93. The molecule has 104 valence electrons. The van der Waals surface area contributed by atoms with Crippen molar-refractivity contribution in [3.05, 3.63) is 40.5 Å². The van der Waals surface area contributed by atoms with E-state index in [4.69, 9.17) is 11.6 Å². The van der Waals surface area contributed by atoms with Crippen LogP contribution in [0.5, 0.6) is 0 Å². The van der Waals surface area contributed by atoms with Crippen LogP contribution in [0.25, 0.3) is 10.8 Å². The van der Waals surface area contributed by atoms with Gasteiger partial charge in [0, 0.05) is 24.0 Å². The fourth-order valence-electron chi connectivity index (χ4n) is 4.00. The first-order valence-electron chi connectivity index (χ1n) is 7.37. The van der Waals surface area contributed by atoms with Gasteiger partial charge >= 0.3 is 0 Å². The van der Waals surface area contributed by atoms with Crippen LogP contribution in [-0.4, -0.2) is 12.4 Å². The minimum absolute atomic E-state index is 0.458. The predicted octanol–water partition coefficient (Wildman–Crippen LogP) is 4.57. The van der Waals surface area contributed by atoms with E-state index in [0.717, 1.165) is 6.54 Å². The summed E-state index contributed by atoms with van der Waals surface area (Å²) < 4.78 is 2.29. The molecule has 0 saturated heterocycles. The number of rotatable bonds is 1. The summed E-state index contributed by atoms with van der Waals surface area (Å²) in [5.41, 5.74) is 7.40. The van der Waals surface area contributed by atoms with Crippen LogP contribution in [-0.2, 0) is 12.8 Å². The Balaban J connectivity index is 2.14. The van der Waals surface area contributed by atoms with Crippen molar-refractivity contribution in [1.82, 2.24) is 0 Å². The summed E-state index contributed by atoms with van der Waals surface area (Å²) in [6.07, 6.45) is 3.77. The van der Waals surface area contributed by atoms with Gasteiger partial charge in [-0.2, -0.15) is 0 Å². The van der Waals surface area contributed by atoms with Crippen LogP contribution < -0.4 is 4.67 Å². The molecule has 3 heteroatoms. The number of fused-ring (bicyclic) bond motifs is 5. The molecule has 20 heavy (non-hydrogen) atoms. The maximum absolute atomic E-state index is 6.26. The molecule has 1 aliphatic carbocycles. The van der Waals surface area contributed by atoms with Gasteiger partial charge in [-0.25, -0.2) is 0 Å². The van der Waals surface area contributed by atoms with E-state index in [2.05, 4.69) is 39.2 Å². The molecular weight excluding hydrogens is 285 g/mol. The van der Waals surface area contributed by atoms with Gasteiger partial charge in [-0.05, 0) is 74.7 Å².